The first-order valence-electron chi connectivity index (χ1n) is 16.9. The van der Waals surface area contributed by atoms with Crippen LogP contribution in [-0.2, 0) is 0 Å². The molecule has 10 aromatic carbocycles. The number of hydrogen-bond donors (Lipinski definition) is 0. The van der Waals surface area contributed by atoms with E-state index in [1.165, 1.54) is 87.2 Å². The summed E-state index contributed by atoms with van der Waals surface area (Å²) in [6, 6.07) is 62.2. The predicted octanol–water partition coefficient (Wildman–Crippen LogP) is 13.8. The predicted molar refractivity (Wildman–Crippen MR) is 209 cm³/mol. The first-order chi connectivity index (χ1) is 24.3. The summed E-state index contributed by atoms with van der Waals surface area (Å²) >= 11 is 0. The van der Waals surface area contributed by atoms with Gasteiger partial charge in [-0.25, -0.2) is 0 Å². The topological polar surface area (TPSA) is 13.1 Å². The molecule has 1 aromatic heterocycles. The van der Waals surface area contributed by atoms with Crippen LogP contribution in [0, 0.1) is 0 Å². The standard InChI is InChI=1S/C48H28O/c1-2-16-35(33(14-1)31-25-26-44-41(27-31)34-15-7-8-22-43(34)49-44)47-36-17-3-5-19-38(36)48(39-20-6-4-18-37(39)47)42-28-32-13-9-11-29-23-24-30-12-10-21-40(42)46(30)45(29)32/h1-28H. The van der Waals surface area contributed by atoms with Crippen molar-refractivity contribution in [3.05, 3.63) is 170 Å². The quantitative estimate of drug-likeness (QED) is 0.141. The van der Waals surface area contributed by atoms with E-state index in [0.717, 1.165) is 21.9 Å². The Labute approximate surface area is 282 Å². The summed E-state index contributed by atoms with van der Waals surface area (Å²) in [5.74, 6) is 0. The molecule has 0 bridgehead atoms. The average Bonchev–Trinajstić information content (AvgIpc) is 3.54. The van der Waals surface area contributed by atoms with Gasteiger partial charge in [0.1, 0.15) is 11.2 Å². The van der Waals surface area contributed by atoms with Crippen LogP contribution in [0.3, 0.4) is 0 Å². The number of para-hydroxylation sites is 1. The Balaban J connectivity index is 1.24. The Morgan fingerprint density at radius 3 is 1.55 bits per heavy atom. The first-order valence-corrected chi connectivity index (χ1v) is 16.9. The van der Waals surface area contributed by atoms with E-state index in [9.17, 15) is 0 Å². The Kier molecular flexibility index (Phi) is 5.45. The normalized spacial score (nSPS) is 12.1. The molecular formula is C48H28O. The van der Waals surface area contributed by atoms with Gasteiger partial charge in [-0.1, -0.05) is 146 Å². The van der Waals surface area contributed by atoms with E-state index in [0.29, 0.717) is 0 Å². The zero-order valence-electron chi connectivity index (χ0n) is 26.6. The summed E-state index contributed by atoms with van der Waals surface area (Å²) < 4.78 is 6.20. The van der Waals surface area contributed by atoms with Crippen molar-refractivity contribution in [2.75, 3.05) is 0 Å². The van der Waals surface area contributed by atoms with Gasteiger partial charge in [0.15, 0.2) is 0 Å². The minimum Gasteiger partial charge on any atom is -0.456 e. The fourth-order valence-corrected chi connectivity index (χ4v) is 8.52. The maximum Gasteiger partial charge on any atom is 0.135 e. The van der Waals surface area contributed by atoms with E-state index in [1.54, 1.807) is 0 Å². The van der Waals surface area contributed by atoms with Gasteiger partial charge in [0.25, 0.3) is 0 Å². The van der Waals surface area contributed by atoms with E-state index in [2.05, 4.69) is 158 Å². The molecule has 1 heterocycles. The molecule has 49 heavy (non-hydrogen) atoms. The lowest BCUT2D eigenvalue weighted by molar-refractivity contribution is 0.669. The Morgan fingerprint density at radius 1 is 0.286 bits per heavy atom. The molecule has 0 amide bonds. The maximum absolute atomic E-state index is 6.20. The first kappa shape index (κ1) is 26.6. The van der Waals surface area contributed by atoms with Crippen molar-refractivity contribution in [2.45, 2.75) is 0 Å². The van der Waals surface area contributed by atoms with Gasteiger partial charge in [-0.2, -0.15) is 0 Å². The maximum atomic E-state index is 6.20. The van der Waals surface area contributed by atoms with Crippen LogP contribution >= 0.6 is 0 Å². The van der Waals surface area contributed by atoms with Gasteiger partial charge in [0.2, 0.25) is 0 Å². The summed E-state index contributed by atoms with van der Waals surface area (Å²) in [4.78, 5) is 0. The zero-order valence-corrected chi connectivity index (χ0v) is 26.6. The van der Waals surface area contributed by atoms with Crippen LogP contribution in [0.25, 0.3) is 109 Å². The fourth-order valence-electron chi connectivity index (χ4n) is 8.52. The monoisotopic (exact) mass is 620 g/mol. The number of rotatable bonds is 3. The van der Waals surface area contributed by atoms with Gasteiger partial charge >= 0.3 is 0 Å². The molecule has 1 heteroatoms. The largest absolute Gasteiger partial charge is 0.456 e. The molecular weight excluding hydrogens is 593 g/mol. The Morgan fingerprint density at radius 2 is 0.816 bits per heavy atom. The van der Waals surface area contributed by atoms with Gasteiger partial charge in [0.05, 0.1) is 0 Å². The van der Waals surface area contributed by atoms with Crippen molar-refractivity contribution >= 4 is 75.8 Å². The Bertz CT molecular complexity index is 3050. The second-order valence-electron chi connectivity index (χ2n) is 13.2. The molecule has 0 radical (unpaired) electrons. The lowest BCUT2D eigenvalue weighted by Gasteiger charge is -2.21. The van der Waals surface area contributed by atoms with Crippen LogP contribution in [0.2, 0.25) is 0 Å². The smallest absolute Gasteiger partial charge is 0.135 e. The highest BCUT2D eigenvalue weighted by atomic mass is 16.3. The second kappa shape index (κ2) is 10.0. The van der Waals surface area contributed by atoms with Gasteiger partial charge in [-0.05, 0) is 112 Å². The lowest BCUT2D eigenvalue weighted by atomic mass is 9.81. The third-order valence-corrected chi connectivity index (χ3v) is 10.6. The number of benzene rings is 10. The molecule has 0 spiro atoms. The van der Waals surface area contributed by atoms with Gasteiger partial charge in [-0.3, -0.25) is 0 Å². The summed E-state index contributed by atoms with van der Waals surface area (Å²) in [6.07, 6.45) is 0. The second-order valence-corrected chi connectivity index (χ2v) is 13.2. The molecule has 0 atom stereocenters. The molecule has 0 unspecified atom stereocenters. The molecule has 0 N–H and O–H groups in total. The van der Waals surface area contributed by atoms with E-state index in [4.69, 9.17) is 4.42 Å². The molecule has 0 aliphatic rings. The fraction of sp³-hybridized carbons (Fsp3) is 0. The van der Waals surface area contributed by atoms with Crippen molar-refractivity contribution in [1.82, 2.24) is 0 Å². The van der Waals surface area contributed by atoms with Crippen LogP contribution in [0.15, 0.2) is 174 Å². The number of hydrogen-bond acceptors (Lipinski definition) is 1. The molecule has 0 fully saturated rings. The third-order valence-electron chi connectivity index (χ3n) is 10.6. The molecule has 0 saturated carbocycles. The molecule has 0 aliphatic carbocycles. The summed E-state index contributed by atoms with van der Waals surface area (Å²) in [5, 5.41) is 15.2. The minimum atomic E-state index is 0.913. The van der Waals surface area contributed by atoms with Crippen LogP contribution in [0.1, 0.15) is 0 Å². The zero-order chi connectivity index (χ0) is 32.1. The van der Waals surface area contributed by atoms with Crippen molar-refractivity contribution < 1.29 is 4.42 Å². The summed E-state index contributed by atoms with van der Waals surface area (Å²) in [5.41, 5.74) is 9.28. The van der Waals surface area contributed by atoms with Crippen LogP contribution in [0.4, 0.5) is 0 Å². The van der Waals surface area contributed by atoms with Gasteiger partial charge < -0.3 is 4.42 Å². The van der Waals surface area contributed by atoms with E-state index in [-0.39, 0.29) is 0 Å². The highest BCUT2D eigenvalue weighted by molar-refractivity contribution is 6.30. The van der Waals surface area contributed by atoms with E-state index >= 15 is 0 Å². The molecule has 0 aliphatic heterocycles. The Hall–Kier alpha value is -6.44. The van der Waals surface area contributed by atoms with Crippen molar-refractivity contribution in [3.63, 3.8) is 0 Å². The van der Waals surface area contributed by atoms with E-state index < -0.39 is 0 Å². The highest BCUT2D eigenvalue weighted by Gasteiger charge is 2.21. The minimum absolute atomic E-state index is 0.913. The van der Waals surface area contributed by atoms with Crippen LogP contribution < -0.4 is 0 Å². The van der Waals surface area contributed by atoms with Gasteiger partial charge in [-0.15, -0.1) is 0 Å². The molecule has 11 rings (SSSR count). The lowest BCUT2D eigenvalue weighted by Crippen LogP contribution is -1.94. The molecule has 226 valence electrons. The molecule has 1 nitrogen and oxygen atoms in total. The van der Waals surface area contributed by atoms with Crippen LogP contribution in [-0.4, -0.2) is 0 Å². The van der Waals surface area contributed by atoms with Gasteiger partial charge in [0, 0.05) is 10.8 Å². The summed E-state index contributed by atoms with van der Waals surface area (Å²) in [7, 11) is 0. The molecule has 0 saturated heterocycles. The number of furan rings is 1. The van der Waals surface area contributed by atoms with Crippen molar-refractivity contribution in [3.8, 4) is 33.4 Å². The average molecular weight is 621 g/mol. The molecule has 11 aromatic rings. The number of fused-ring (bicyclic) bond motifs is 5. The van der Waals surface area contributed by atoms with Crippen molar-refractivity contribution in [2.24, 2.45) is 0 Å². The highest BCUT2D eigenvalue weighted by Crippen LogP contribution is 2.49. The van der Waals surface area contributed by atoms with E-state index in [1.807, 2.05) is 12.1 Å². The van der Waals surface area contributed by atoms with Crippen molar-refractivity contribution in [1.29, 1.82) is 0 Å². The van der Waals surface area contributed by atoms with Crippen LogP contribution in [0.5, 0.6) is 0 Å². The summed E-state index contributed by atoms with van der Waals surface area (Å²) in [6.45, 7) is 0. The third kappa shape index (κ3) is 3.76. The SMILES string of the molecule is c1ccc(-c2c3ccccc3c(-c3cc4cccc5ccc6cccc3c6c54)c3ccccc23)c(-c2ccc3oc4ccccc4c3c2)c1.